The second-order valence-electron chi connectivity index (χ2n) is 7.57. The molecule has 1 aliphatic heterocycles. The lowest BCUT2D eigenvalue weighted by molar-refractivity contribution is -0.124. The van der Waals surface area contributed by atoms with Gasteiger partial charge in [-0.2, -0.15) is 0 Å². The van der Waals surface area contributed by atoms with E-state index in [1.165, 1.54) is 6.34 Å². The zero-order chi connectivity index (χ0) is 17.8. The molecule has 6 heteroatoms. The van der Waals surface area contributed by atoms with Gasteiger partial charge >= 0.3 is 6.09 Å². The van der Waals surface area contributed by atoms with E-state index in [0.717, 1.165) is 5.70 Å². The first-order chi connectivity index (χ1) is 10.4. The fourth-order valence-corrected chi connectivity index (χ4v) is 2.41. The summed E-state index contributed by atoms with van der Waals surface area (Å²) in [6.45, 7) is 13.0. The molecule has 6 nitrogen and oxygen atoms in total. The van der Waals surface area contributed by atoms with Crippen molar-refractivity contribution in [2.24, 2.45) is 10.9 Å². The van der Waals surface area contributed by atoms with Crippen molar-refractivity contribution < 1.29 is 14.3 Å². The zero-order valence-corrected chi connectivity index (χ0v) is 15.2. The van der Waals surface area contributed by atoms with Crippen LogP contribution < -0.4 is 10.6 Å². The Bertz CT molecular complexity index is 518. The Hall–Kier alpha value is -1.85. The van der Waals surface area contributed by atoms with Crippen LogP contribution in [-0.2, 0) is 9.53 Å². The Kier molecular flexibility index (Phi) is 5.97. The lowest BCUT2D eigenvalue weighted by atomic mass is 9.86. The second kappa shape index (κ2) is 7.15. The number of alkyl carbamates (subject to hydrolysis) is 1. The third-order valence-electron chi connectivity index (χ3n) is 3.34. The molecule has 1 amide bonds. The average Bonchev–Trinajstić information content (AvgIpc) is 2.33. The van der Waals surface area contributed by atoms with E-state index in [9.17, 15) is 9.59 Å². The van der Waals surface area contributed by atoms with Crippen molar-refractivity contribution in [1.29, 1.82) is 0 Å². The highest BCUT2D eigenvalue weighted by atomic mass is 16.6. The number of ketones is 1. The van der Waals surface area contributed by atoms with Gasteiger partial charge in [0.1, 0.15) is 11.1 Å². The molecule has 0 saturated heterocycles. The van der Waals surface area contributed by atoms with Gasteiger partial charge in [0, 0.05) is 5.70 Å². The maximum Gasteiger partial charge on any atom is 0.408 e. The summed E-state index contributed by atoms with van der Waals surface area (Å²) in [6.07, 6.45) is 3.24. The molecule has 0 radical (unpaired) electrons. The quantitative estimate of drug-likeness (QED) is 0.815. The molecule has 0 aromatic rings. The summed E-state index contributed by atoms with van der Waals surface area (Å²) in [7, 11) is 0. The summed E-state index contributed by atoms with van der Waals surface area (Å²) >= 11 is 0. The monoisotopic (exact) mass is 323 g/mol. The predicted molar refractivity (Wildman–Crippen MR) is 91.4 cm³/mol. The Labute approximate surface area is 138 Å². The van der Waals surface area contributed by atoms with Gasteiger partial charge in [-0.15, -0.1) is 0 Å². The minimum atomic E-state index is -0.982. The minimum Gasteiger partial charge on any atom is -0.444 e. The minimum absolute atomic E-state index is 0.144. The summed E-state index contributed by atoms with van der Waals surface area (Å²) in [4.78, 5) is 29.3. The van der Waals surface area contributed by atoms with Crippen LogP contribution in [0.4, 0.5) is 4.79 Å². The molecule has 0 aliphatic carbocycles. The van der Waals surface area contributed by atoms with Gasteiger partial charge in [0.15, 0.2) is 5.78 Å². The topological polar surface area (TPSA) is 79.8 Å². The maximum absolute atomic E-state index is 12.9. The molecule has 0 bridgehead atoms. The third-order valence-corrected chi connectivity index (χ3v) is 3.34. The van der Waals surface area contributed by atoms with Crippen molar-refractivity contribution in [2.75, 3.05) is 0 Å². The summed E-state index contributed by atoms with van der Waals surface area (Å²) in [5.74, 6) is 0.104. The number of Topliss-reactive ketones (excluding diaryl/α,β-unsaturated/α-hetero) is 1. The van der Waals surface area contributed by atoms with Gasteiger partial charge in [-0.3, -0.25) is 9.79 Å². The fraction of sp³-hybridized carbons (Fsp3) is 0.706. The van der Waals surface area contributed by atoms with Crippen LogP contribution in [0.3, 0.4) is 0 Å². The molecule has 2 N–H and O–H groups in total. The van der Waals surface area contributed by atoms with Gasteiger partial charge in [-0.25, -0.2) is 4.79 Å². The standard InChI is InChI=1S/C17H29N3O3/c1-11(2)8-13(20-15(22)23-16(4,5)6)14(21)17(7)9-12(3)18-10-19-17/h9-11,13H,8H2,1-7H3,(H,18,19)(H,20,22)/t13-,17?/m0/s1. The number of amides is 1. The van der Waals surface area contributed by atoms with E-state index in [0.29, 0.717) is 6.42 Å². The van der Waals surface area contributed by atoms with Crippen LogP contribution in [0.25, 0.3) is 0 Å². The number of nitrogens with zero attached hydrogens (tertiary/aromatic N) is 1. The lowest BCUT2D eigenvalue weighted by Crippen LogP contribution is -2.51. The molecule has 23 heavy (non-hydrogen) atoms. The zero-order valence-electron chi connectivity index (χ0n) is 15.2. The summed E-state index contributed by atoms with van der Waals surface area (Å²) in [6, 6.07) is -0.644. The van der Waals surface area contributed by atoms with Gasteiger partial charge in [-0.1, -0.05) is 13.8 Å². The second-order valence-corrected chi connectivity index (χ2v) is 7.57. The van der Waals surface area contributed by atoms with Crippen molar-refractivity contribution in [1.82, 2.24) is 10.6 Å². The van der Waals surface area contributed by atoms with E-state index in [4.69, 9.17) is 4.74 Å². The molecule has 130 valence electrons. The Morgan fingerprint density at radius 3 is 2.48 bits per heavy atom. The highest BCUT2D eigenvalue weighted by Crippen LogP contribution is 2.22. The highest BCUT2D eigenvalue weighted by molar-refractivity contribution is 5.98. The normalized spacial score (nSPS) is 22.2. The molecular formula is C17H29N3O3. The van der Waals surface area contributed by atoms with Crippen LogP contribution in [0, 0.1) is 5.92 Å². The van der Waals surface area contributed by atoms with Gasteiger partial charge in [-0.05, 0) is 53.0 Å². The van der Waals surface area contributed by atoms with E-state index in [2.05, 4.69) is 15.6 Å². The van der Waals surface area contributed by atoms with E-state index in [-0.39, 0.29) is 11.7 Å². The molecule has 0 aromatic heterocycles. The number of carbonyl (C=O) groups excluding carboxylic acids is 2. The van der Waals surface area contributed by atoms with Crippen molar-refractivity contribution >= 4 is 18.2 Å². The van der Waals surface area contributed by atoms with Crippen molar-refractivity contribution in [3.8, 4) is 0 Å². The number of aliphatic imine (C=N–C) groups is 1. The Balaban J connectivity index is 2.93. The smallest absolute Gasteiger partial charge is 0.408 e. The molecule has 0 fully saturated rings. The van der Waals surface area contributed by atoms with E-state index >= 15 is 0 Å². The SMILES string of the molecule is CC1=CC(C)(C(=O)[C@H](CC(C)C)NC(=O)OC(C)(C)C)N=CN1. The van der Waals surface area contributed by atoms with Crippen molar-refractivity contribution in [3.63, 3.8) is 0 Å². The number of hydrogen-bond donors (Lipinski definition) is 2. The molecular weight excluding hydrogens is 294 g/mol. The summed E-state index contributed by atoms with van der Waals surface area (Å²) in [5, 5.41) is 5.66. The third kappa shape index (κ3) is 6.04. The maximum atomic E-state index is 12.9. The number of allylic oxidation sites excluding steroid dienone is 1. The van der Waals surface area contributed by atoms with Gasteiger partial charge in [0.05, 0.1) is 12.4 Å². The summed E-state index contributed by atoms with van der Waals surface area (Å²) < 4.78 is 5.27. The molecule has 0 saturated carbocycles. The first kappa shape index (κ1) is 19.2. The molecule has 1 rings (SSSR count). The van der Waals surface area contributed by atoms with Crippen LogP contribution in [0.5, 0.6) is 0 Å². The average molecular weight is 323 g/mol. The van der Waals surface area contributed by atoms with Crippen LogP contribution >= 0.6 is 0 Å². The number of ether oxygens (including phenoxy) is 1. The molecule has 1 aliphatic rings. The van der Waals surface area contributed by atoms with E-state index in [1.54, 1.807) is 33.8 Å². The first-order valence-corrected chi connectivity index (χ1v) is 7.96. The molecule has 1 unspecified atom stereocenters. The summed E-state index contributed by atoms with van der Waals surface area (Å²) in [5.41, 5.74) is -0.733. The number of hydrogen-bond acceptors (Lipinski definition) is 5. The molecule has 0 spiro atoms. The van der Waals surface area contributed by atoms with E-state index < -0.39 is 23.3 Å². The largest absolute Gasteiger partial charge is 0.444 e. The van der Waals surface area contributed by atoms with Crippen molar-refractivity contribution in [2.45, 2.75) is 72.1 Å². The van der Waals surface area contributed by atoms with Gasteiger partial charge in [0.25, 0.3) is 0 Å². The fourth-order valence-electron chi connectivity index (χ4n) is 2.41. The first-order valence-electron chi connectivity index (χ1n) is 7.96. The van der Waals surface area contributed by atoms with Crippen LogP contribution in [0.15, 0.2) is 16.8 Å². The predicted octanol–water partition coefficient (Wildman–Crippen LogP) is 2.79. The van der Waals surface area contributed by atoms with E-state index in [1.807, 2.05) is 20.8 Å². The Morgan fingerprint density at radius 1 is 1.39 bits per heavy atom. The lowest BCUT2D eigenvalue weighted by Gasteiger charge is -2.30. The number of nitrogens with one attached hydrogen (secondary N) is 2. The van der Waals surface area contributed by atoms with Gasteiger partial charge < -0.3 is 15.4 Å². The molecule has 0 aromatic carbocycles. The number of carbonyl (C=O) groups is 2. The van der Waals surface area contributed by atoms with Crippen molar-refractivity contribution in [3.05, 3.63) is 11.8 Å². The Morgan fingerprint density at radius 2 is 2.00 bits per heavy atom. The molecule has 1 heterocycles. The highest BCUT2D eigenvalue weighted by Gasteiger charge is 2.38. The number of rotatable bonds is 5. The molecule has 2 atom stereocenters. The van der Waals surface area contributed by atoms with Crippen LogP contribution in [-0.4, -0.2) is 35.4 Å². The van der Waals surface area contributed by atoms with Crippen LogP contribution in [0.2, 0.25) is 0 Å². The van der Waals surface area contributed by atoms with Crippen LogP contribution in [0.1, 0.15) is 54.9 Å². The van der Waals surface area contributed by atoms with Gasteiger partial charge in [0.2, 0.25) is 0 Å².